The van der Waals surface area contributed by atoms with Gasteiger partial charge in [-0.15, -0.1) is 0 Å². The molecule has 0 spiro atoms. The lowest BCUT2D eigenvalue weighted by Gasteiger charge is -2.06. The highest BCUT2D eigenvalue weighted by Crippen LogP contribution is 2.34. The first-order chi connectivity index (χ1) is 8.20. The summed E-state index contributed by atoms with van der Waals surface area (Å²) in [7, 11) is 0. The zero-order valence-corrected chi connectivity index (χ0v) is 10.3. The van der Waals surface area contributed by atoms with Crippen LogP contribution in [0.3, 0.4) is 0 Å². The molecule has 2 aromatic rings. The van der Waals surface area contributed by atoms with Crippen LogP contribution < -0.4 is 5.73 Å². The Hall–Kier alpha value is -1.70. The van der Waals surface area contributed by atoms with Crippen LogP contribution in [0.1, 0.15) is 5.56 Å². The maximum absolute atomic E-state index is 9.02. The summed E-state index contributed by atoms with van der Waals surface area (Å²) >= 11 is 7.26. The Morgan fingerprint density at radius 1 is 1.29 bits per heavy atom. The summed E-state index contributed by atoms with van der Waals surface area (Å²) < 4.78 is 0. The van der Waals surface area contributed by atoms with E-state index in [1.807, 2.05) is 12.1 Å². The van der Waals surface area contributed by atoms with Crippen LogP contribution in [0.15, 0.2) is 46.5 Å². The summed E-state index contributed by atoms with van der Waals surface area (Å²) in [6.45, 7) is 0. The molecule has 0 aliphatic carbocycles. The minimum absolute atomic E-state index is 0.540. The summed E-state index contributed by atoms with van der Waals surface area (Å²) in [5.74, 6) is 0. The van der Waals surface area contributed by atoms with Crippen molar-refractivity contribution in [3.63, 3.8) is 0 Å². The van der Waals surface area contributed by atoms with Gasteiger partial charge < -0.3 is 5.73 Å². The fraction of sp³-hybridized carbons (Fsp3) is 0. The molecule has 0 bridgehead atoms. The Bertz CT molecular complexity index is 593. The van der Waals surface area contributed by atoms with E-state index >= 15 is 0 Å². The van der Waals surface area contributed by atoms with Gasteiger partial charge >= 0.3 is 0 Å². The normalized spacial score (nSPS) is 9.88. The van der Waals surface area contributed by atoms with E-state index in [1.54, 1.807) is 24.5 Å². The third kappa shape index (κ3) is 2.70. The molecule has 1 aromatic carbocycles. The van der Waals surface area contributed by atoms with E-state index in [-0.39, 0.29) is 0 Å². The number of nitriles is 1. The number of aromatic nitrogens is 1. The molecule has 0 saturated carbocycles. The first-order valence-electron chi connectivity index (χ1n) is 4.77. The smallest absolute Gasteiger partial charge is 0.100 e. The Morgan fingerprint density at radius 2 is 2.12 bits per heavy atom. The van der Waals surface area contributed by atoms with Crippen molar-refractivity contribution < 1.29 is 0 Å². The predicted octanol–water partition coefficient (Wildman–Crippen LogP) is 3.34. The summed E-state index contributed by atoms with van der Waals surface area (Å²) in [4.78, 5) is 5.62. The zero-order valence-electron chi connectivity index (χ0n) is 8.72. The lowest BCUT2D eigenvalue weighted by atomic mass is 10.2. The van der Waals surface area contributed by atoms with Crippen LogP contribution in [0.4, 0.5) is 5.69 Å². The maximum atomic E-state index is 9.02. The topological polar surface area (TPSA) is 62.7 Å². The molecule has 1 aromatic heterocycles. The minimum atomic E-state index is 0.540. The van der Waals surface area contributed by atoms with Crippen LogP contribution in [-0.2, 0) is 0 Å². The zero-order chi connectivity index (χ0) is 12.3. The number of benzene rings is 1. The van der Waals surface area contributed by atoms with E-state index in [9.17, 15) is 0 Å². The van der Waals surface area contributed by atoms with Crippen molar-refractivity contribution in [2.24, 2.45) is 0 Å². The summed E-state index contributed by atoms with van der Waals surface area (Å²) in [5, 5.41) is 9.57. The number of pyridine rings is 1. The van der Waals surface area contributed by atoms with Crippen LogP contribution >= 0.6 is 23.4 Å². The second-order valence-electron chi connectivity index (χ2n) is 3.27. The van der Waals surface area contributed by atoms with Gasteiger partial charge in [-0.2, -0.15) is 5.26 Å². The third-order valence-corrected chi connectivity index (χ3v) is 3.49. The van der Waals surface area contributed by atoms with Crippen molar-refractivity contribution in [3.05, 3.63) is 47.2 Å². The van der Waals surface area contributed by atoms with Gasteiger partial charge in [0, 0.05) is 21.0 Å². The summed E-state index contributed by atoms with van der Waals surface area (Å²) in [6.07, 6.45) is 3.25. The second-order valence-corrected chi connectivity index (χ2v) is 4.79. The van der Waals surface area contributed by atoms with Crippen molar-refractivity contribution in [3.8, 4) is 6.07 Å². The number of nitrogen functional groups attached to an aromatic ring is 1. The van der Waals surface area contributed by atoms with Crippen molar-refractivity contribution in [1.29, 1.82) is 5.26 Å². The number of nitrogens with zero attached hydrogens (tertiary/aromatic N) is 2. The van der Waals surface area contributed by atoms with Crippen LogP contribution in [0.5, 0.6) is 0 Å². The summed E-state index contributed by atoms with van der Waals surface area (Å²) in [5.41, 5.74) is 6.93. The SMILES string of the molecule is N#Cc1cc(Cl)ccc1Sc1ccncc1N. The molecule has 0 saturated heterocycles. The highest BCUT2D eigenvalue weighted by molar-refractivity contribution is 7.99. The van der Waals surface area contributed by atoms with E-state index in [0.717, 1.165) is 9.79 Å². The van der Waals surface area contributed by atoms with Crippen LogP contribution in [0.2, 0.25) is 5.02 Å². The molecule has 0 fully saturated rings. The molecule has 5 heteroatoms. The summed E-state index contributed by atoms with van der Waals surface area (Å²) in [6, 6.07) is 9.13. The highest BCUT2D eigenvalue weighted by Gasteiger charge is 2.07. The molecule has 3 nitrogen and oxygen atoms in total. The van der Waals surface area contributed by atoms with Crippen molar-refractivity contribution in [1.82, 2.24) is 4.98 Å². The first kappa shape index (κ1) is 11.8. The van der Waals surface area contributed by atoms with Gasteiger partial charge in [-0.25, -0.2) is 0 Å². The molecule has 17 heavy (non-hydrogen) atoms. The fourth-order valence-electron chi connectivity index (χ4n) is 1.28. The van der Waals surface area contributed by atoms with Crippen LogP contribution in [-0.4, -0.2) is 4.98 Å². The van der Waals surface area contributed by atoms with Crippen LogP contribution in [0, 0.1) is 11.3 Å². The van der Waals surface area contributed by atoms with Gasteiger partial charge in [0.2, 0.25) is 0 Å². The van der Waals surface area contributed by atoms with Gasteiger partial charge in [-0.3, -0.25) is 4.98 Å². The minimum Gasteiger partial charge on any atom is -0.397 e. The predicted molar refractivity (Wildman–Crippen MR) is 68.9 cm³/mol. The quantitative estimate of drug-likeness (QED) is 0.901. The number of hydrogen-bond acceptors (Lipinski definition) is 4. The van der Waals surface area contributed by atoms with E-state index in [0.29, 0.717) is 16.3 Å². The van der Waals surface area contributed by atoms with Gasteiger partial charge in [0.25, 0.3) is 0 Å². The number of nitrogens with two attached hydrogens (primary N) is 1. The van der Waals surface area contributed by atoms with Gasteiger partial charge in [0.05, 0.1) is 17.4 Å². The van der Waals surface area contributed by atoms with E-state index < -0.39 is 0 Å². The average Bonchev–Trinajstić information content (AvgIpc) is 2.34. The van der Waals surface area contributed by atoms with Crippen molar-refractivity contribution in [2.75, 3.05) is 5.73 Å². The number of hydrogen-bond donors (Lipinski definition) is 1. The molecule has 0 aliphatic rings. The van der Waals surface area contributed by atoms with Crippen molar-refractivity contribution >= 4 is 29.1 Å². The molecule has 2 rings (SSSR count). The lowest BCUT2D eigenvalue weighted by molar-refractivity contribution is 1.26. The molecule has 0 radical (unpaired) electrons. The highest BCUT2D eigenvalue weighted by atomic mass is 35.5. The number of halogens is 1. The monoisotopic (exact) mass is 261 g/mol. The fourth-order valence-corrected chi connectivity index (χ4v) is 2.34. The Balaban J connectivity index is 2.37. The Morgan fingerprint density at radius 3 is 2.82 bits per heavy atom. The lowest BCUT2D eigenvalue weighted by Crippen LogP contribution is -1.90. The Kier molecular flexibility index (Phi) is 3.52. The standard InChI is InChI=1S/C12H8ClN3S/c13-9-1-2-11(8(5-9)6-14)17-12-3-4-16-7-10(12)15/h1-5,7H,15H2. The van der Waals surface area contributed by atoms with Gasteiger partial charge in [-0.1, -0.05) is 23.4 Å². The van der Waals surface area contributed by atoms with E-state index in [1.165, 1.54) is 11.8 Å². The van der Waals surface area contributed by atoms with Gasteiger partial charge in [0.15, 0.2) is 0 Å². The molecular formula is C12H8ClN3S. The van der Waals surface area contributed by atoms with Crippen LogP contribution in [0.25, 0.3) is 0 Å². The molecule has 0 amide bonds. The maximum Gasteiger partial charge on any atom is 0.100 e. The van der Waals surface area contributed by atoms with Gasteiger partial charge in [-0.05, 0) is 24.3 Å². The molecule has 2 N–H and O–H groups in total. The molecule has 84 valence electrons. The molecule has 0 atom stereocenters. The molecule has 1 heterocycles. The number of anilines is 1. The molecule has 0 aliphatic heterocycles. The first-order valence-corrected chi connectivity index (χ1v) is 5.97. The molecule has 0 unspecified atom stereocenters. The third-order valence-electron chi connectivity index (χ3n) is 2.09. The molecular weight excluding hydrogens is 254 g/mol. The van der Waals surface area contributed by atoms with Gasteiger partial charge in [0.1, 0.15) is 6.07 Å². The average molecular weight is 262 g/mol. The number of rotatable bonds is 2. The van der Waals surface area contributed by atoms with E-state index in [2.05, 4.69) is 11.1 Å². The van der Waals surface area contributed by atoms with Crippen molar-refractivity contribution in [2.45, 2.75) is 9.79 Å². The Labute approximate surface area is 108 Å². The largest absolute Gasteiger partial charge is 0.397 e. The van der Waals surface area contributed by atoms with E-state index in [4.69, 9.17) is 22.6 Å². The second kappa shape index (κ2) is 5.09.